The van der Waals surface area contributed by atoms with Gasteiger partial charge in [-0.1, -0.05) is 12.1 Å². The van der Waals surface area contributed by atoms with E-state index in [1.807, 2.05) is 24.5 Å². The predicted octanol–water partition coefficient (Wildman–Crippen LogP) is 2.78. The molecule has 0 radical (unpaired) electrons. The number of aliphatic imine (C=N–C) groups is 1. The van der Waals surface area contributed by atoms with E-state index in [9.17, 15) is 0 Å². The van der Waals surface area contributed by atoms with E-state index in [1.165, 1.54) is 10.4 Å². The minimum absolute atomic E-state index is 0.794. The summed E-state index contributed by atoms with van der Waals surface area (Å²) >= 11 is 1.85. The Balaban J connectivity index is 1.50. The van der Waals surface area contributed by atoms with Gasteiger partial charge in [0.25, 0.3) is 0 Å². The van der Waals surface area contributed by atoms with E-state index in [0.29, 0.717) is 0 Å². The van der Waals surface area contributed by atoms with Gasteiger partial charge in [-0.3, -0.25) is 14.9 Å². The summed E-state index contributed by atoms with van der Waals surface area (Å²) in [5.74, 6) is 1.04. The Hall–Kier alpha value is -1.92. The van der Waals surface area contributed by atoms with Crippen LogP contribution in [0.3, 0.4) is 0 Å². The van der Waals surface area contributed by atoms with Crippen molar-refractivity contribution in [1.29, 1.82) is 0 Å². The van der Waals surface area contributed by atoms with E-state index in [-0.39, 0.29) is 0 Å². The molecule has 0 aliphatic carbocycles. The second-order valence-corrected chi connectivity index (χ2v) is 7.67. The zero-order valence-electron chi connectivity index (χ0n) is 15.8. The van der Waals surface area contributed by atoms with E-state index in [1.54, 1.807) is 0 Å². The number of nitrogens with one attached hydrogen (secondary N) is 1. The summed E-state index contributed by atoms with van der Waals surface area (Å²) in [4.78, 5) is 15.6. The highest BCUT2D eigenvalue weighted by molar-refractivity contribution is 7.09. The summed E-state index contributed by atoms with van der Waals surface area (Å²) in [6, 6.07) is 8.57. The van der Waals surface area contributed by atoms with Crippen LogP contribution in [0.1, 0.15) is 23.1 Å². The lowest BCUT2D eigenvalue weighted by Crippen LogP contribution is -2.52. The number of nitrogens with zero attached hydrogens (tertiary/aromatic N) is 4. The van der Waals surface area contributed by atoms with Gasteiger partial charge in [-0.2, -0.15) is 0 Å². The molecule has 2 aromatic heterocycles. The molecule has 1 fully saturated rings. The van der Waals surface area contributed by atoms with E-state index in [0.717, 1.165) is 63.9 Å². The molecule has 1 N–H and O–H groups in total. The number of guanidine groups is 1. The summed E-state index contributed by atoms with van der Waals surface area (Å²) in [5, 5.41) is 5.61. The molecular weight excluding hydrogens is 342 g/mol. The molecule has 26 heavy (non-hydrogen) atoms. The quantitative estimate of drug-likeness (QED) is 0.626. The van der Waals surface area contributed by atoms with Crippen LogP contribution in [0.25, 0.3) is 0 Å². The fraction of sp³-hybridized carbons (Fsp3) is 0.500. The number of aromatic nitrogens is 1. The van der Waals surface area contributed by atoms with Crippen molar-refractivity contribution in [3.05, 3.63) is 52.0 Å². The summed E-state index contributed by atoms with van der Waals surface area (Å²) in [6.07, 6.45) is 2.89. The van der Waals surface area contributed by atoms with Crippen molar-refractivity contribution in [2.75, 3.05) is 39.3 Å². The van der Waals surface area contributed by atoms with Gasteiger partial charge in [0, 0.05) is 62.6 Å². The Bertz CT molecular complexity index is 673. The second kappa shape index (κ2) is 9.69. The number of thiophene rings is 1. The molecule has 2 aromatic rings. The molecule has 6 heteroatoms. The highest BCUT2D eigenvalue weighted by Crippen LogP contribution is 2.13. The maximum absolute atomic E-state index is 4.84. The molecule has 1 aliphatic heterocycles. The monoisotopic (exact) mass is 371 g/mol. The molecule has 0 atom stereocenters. The average Bonchev–Trinajstić information content (AvgIpc) is 3.16. The van der Waals surface area contributed by atoms with Gasteiger partial charge in [0.15, 0.2) is 5.96 Å². The molecule has 0 amide bonds. The van der Waals surface area contributed by atoms with Crippen molar-refractivity contribution in [3.63, 3.8) is 0 Å². The van der Waals surface area contributed by atoms with Gasteiger partial charge >= 0.3 is 0 Å². The van der Waals surface area contributed by atoms with Gasteiger partial charge in [-0.25, -0.2) is 0 Å². The first-order valence-electron chi connectivity index (χ1n) is 9.44. The zero-order valence-corrected chi connectivity index (χ0v) is 16.6. The van der Waals surface area contributed by atoms with Crippen LogP contribution < -0.4 is 5.32 Å². The molecule has 3 rings (SSSR count). The molecule has 0 saturated carbocycles. The van der Waals surface area contributed by atoms with Gasteiger partial charge in [-0.05, 0) is 43.3 Å². The molecule has 0 aromatic carbocycles. The first-order chi connectivity index (χ1) is 12.7. The van der Waals surface area contributed by atoms with Gasteiger partial charge in [0.05, 0.1) is 0 Å². The number of pyridine rings is 1. The number of rotatable bonds is 6. The number of piperazine rings is 1. The third-order valence-electron chi connectivity index (χ3n) is 4.60. The zero-order chi connectivity index (χ0) is 18.2. The second-order valence-electron chi connectivity index (χ2n) is 6.64. The van der Waals surface area contributed by atoms with E-state index in [4.69, 9.17) is 4.99 Å². The summed E-state index contributed by atoms with van der Waals surface area (Å²) in [6.45, 7) is 11.2. The lowest BCUT2D eigenvalue weighted by Gasteiger charge is -2.36. The fourth-order valence-corrected chi connectivity index (χ4v) is 3.85. The lowest BCUT2D eigenvalue weighted by molar-refractivity contribution is 0.173. The summed E-state index contributed by atoms with van der Waals surface area (Å²) in [5.41, 5.74) is 2.31. The van der Waals surface area contributed by atoms with Crippen molar-refractivity contribution in [2.45, 2.75) is 26.8 Å². The average molecular weight is 372 g/mol. The number of hydrogen-bond donors (Lipinski definition) is 1. The fourth-order valence-electron chi connectivity index (χ4n) is 3.10. The highest BCUT2D eigenvalue weighted by Gasteiger charge is 2.19. The minimum Gasteiger partial charge on any atom is -0.357 e. The van der Waals surface area contributed by atoms with E-state index < -0.39 is 0 Å². The van der Waals surface area contributed by atoms with Gasteiger partial charge in [0.2, 0.25) is 0 Å². The van der Waals surface area contributed by atoms with Crippen molar-refractivity contribution in [1.82, 2.24) is 20.1 Å². The van der Waals surface area contributed by atoms with Crippen molar-refractivity contribution >= 4 is 17.3 Å². The third-order valence-corrected chi connectivity index (χ3v) is 5.46. The van der Waals surface area contributed by atoms with Crippen LogP contribution >= 0.6 is 11.3 Å². The Morgan fingerprint density at radius 1 is 1.23 bits per heavy atom. The predicted molar refractivity (Wildman–Crippen MR) is 110 cm³/mol. The standard InChI is InChI=1S/C20H29N5S/c1-3-21-20(22-9-8-18-7-6-17(2)23-15-18)25-12-10-24(11-13-25)16-19-5-4-14-26-19/h4-7,14-15H,3,8-13,16H2,1-2H3,(H,21,22). The third kappa shape index (κ3) is 5.54. The van der Waals surface area contributed by atoms with Crippen LogP contribution in [0.2, 0.25) is 0 Å². The van der Waals surface area contributed by atoms with Crippen LogP contribution in [-0.4, -0.2) is 60.0 Å². The molecule has 1 aliphatic rings. The van der Waals surface area contributed by atoms with Crippen molar-refractivity contribution in [3.8, 4) is 0 Å². The molecule has 0 bridgehead atoms. The molecule has 0 unspecified atom stereocenters. The van der Waals surface area contributed by atoms with Crippen molar-refractivity contribution < 1.29 is 0 Å². The first-order valence-corrected chi connectivity index (χ1v) is 10.3. The van der Waals surface area contributed by atoms with Crippen molar-refractivity contribution in [2.24, 2.45) is 4.99 Å². The number of hydrogen-bond acceptors (Lipinski definition) is 4. The van der Waals surface area contributed by atoms with Crippen LogP contribution in [0.4, 0.5) is 0 Å². The lowest BCUT2D eigenvalue weighted by atomic mass is 10.2. The Labute approximate surface area is 160 Å². The molecular formula is C20H29N5S. The topological polar surface area (TPSA) is 43.8 Å². The normalized spacial score (nSPS) is 16.1. The summed E-state index contributed by atoms with van der Waals surface area (Å²) in [7, 11) is 0. The van der Waals surface area contributed by atoms with E-state index >= 15 is 0 Å². The highest BCUT2D eigenvalue weighted by atomic mass is 32.1. The Kier molecular flexibility index (Phi) is 7.03. The van der Waals surface area contributed by atoms with Crippen LogP contribution in [-0.2, 0) is 13.0 Å². The maximum Gasteiger partial charge on any atom is 0.194 e. The largest absolute Gasteiger partial charge is 0.357 e. The maximum atomic E-state index is 4.84. The molecule has 140 valence electrons. The first kappa shape index (κ1) is 18.9. The molecule has 5 nitrogen and oxygen atoms in total. The van der Waals surface area contributed by atoms with Gasteiger partial charge in [-0.15, -0.1) is 11.3 Å². The minimum atomic E-state index is 0.794. The smallest absolute Gasteiger partial charge is 0.194 e. The molecule has 0 spiro atoms. The Morgan fingerprint density at radius 2 is 2.08 bits per heavy atom. The van der Waals surface area contributed by atoms with Crippen LogP contribution in [0.15, 0.2) is 40.8 Å². The Morgan fingerprint density at radius 3 is 2.73 bits per heavy atom. The van der Waals surface area contributed by atoms with Crippen LogP contribution in [0, 0.1) is 6.92 Å². The molecule has 1 saturated heterocycles. The summed E-state index contributed by atoms with van der Waals surface area (Å²) < 4.78 is 0. The van der Waals surface area contributed by atoms with Crippen LogP contribution in [0.5, 0.6) is 0 Å². The van der Waals surface area contributed by atoms with Gasteiger partial charge in [0.1, 0.15) is 0 Å². The molecule has 3 heterocycles. The van der Waals surface area contributed by atoms with E-state index in [2.05, 4.69) is 56.7 Å². The number of aryl methyl sites for hydroxylation is 1. The SMILES string of the molecule is CCNC(=NCCc1ccc(C)nc1)N1CCN(Cc2cccs2)CC1. The van der Waals surface area contributed by atoms with Gasteiger partial charge < -0.3 is 10.2 Å².